The number of halogens is 1. The Bertz CT molecular complexity index is 438. The number of nitrogens with one attached hydrogen (secondary N) is 1. The Morgan fingerprint density at radius 2 is 2.21 bits per heavy atom. The molecule has 1 amide bonds. The van der Waals surface area contributed by atoms with Crippen LogP contribution >= 0.6 is 11.6 Å². The van der Waals surface area contributed by atoms with Crippen molar-refractivity contribution in [3.05, 3.63) is 16.9 Å². The van der Waals surface area contributed by atoms with Crippen LogP contribution in [0.1, 0.15) is 51.3 Å². The molecule has 0 saturated heterocycles. The number of nitrogens with zero attached hydrogens (tertiary/aromatic N) is 2. The molecule has 1 aromatic rings. The van der Waals surface area contributed by atoms with Gasteiger partial charge in [0, 0.05) is 12.2 Å². The van der Waals surface area contributed by atoms with E-state index in [1.54, 1.807) is 10.9 Å². The summed E-state index contributed by atoms with van der Waals surface area (Å²) in [6.07, 6.45) is 6.48. The van der Waals surface area contributed by atoms with E-state index in [1.807, 2.05) is 13.8 Å². The van der Waals surface area contributed by atoms with Crippen molar-refractivity contribution in [3.8, 4) is 0 Å². The predicted molar refractivity (Wildman–Crippen MR) is 76.2 cm³/mol. The number of aromatic nitrogens is 2. The lowest BCUT2D eigenvalue weighted by atomic mass is 9.86. The Morgan fingerprint density at radius 1 is 1.53 bits per heavy atom. The van der Waals surface area contributed by atoms with Gasteiger partial charge in [-0.1, -0.05) is 31.4 Å². The van der Waals surface area contributed by atoms with E-state index in [0.717, 1.165) is 12.1 Å². The summed E-state index contributed by atoms with van der Waals surface area (Å²) < 4.78 is 1.64. The number of carbonyl (C=O) groups is 1. The van der Waals surface area contributed by atoms with E-state index in [2.05, 4.69) is 17.3 Å². The molecule has 0 bridgehead atoms. The van der Waals surface area contributed by atoms with Gasteiger partial charge in [0.15, 0.2) is 0 Å². The maximum Gasteiger partial charge on any atom is 0.244 e. The lowest BCUT2D eigenvalue weighted by molar-refractivity contribution is -0.125. The largest absolute Gasteiger partial charge is 0.351 e. The molecule has 0 aliphatic heterocycles. The molecular weight excluding hydrogens is 262 g/mol. The highest BCUT2D eigenvalue weighted by Gasteiger charge is 2.25. The number of rotatable bonds is 3. The Hall–Kier alpha value is -1.03. The normalized spacial score (nSPS) is 25.1. The minimum Gasteiger partial charge on any atom is -0.351 e. The van der Waals surface area contributed by atoms with Gasteiger partial charge in [-0.05, 0) is 32.6 Å². The van der Waals surface area contributed by atoms with Gasteiger partial charge in [0.2, 0.25) is 5.91 Å². The fraction of sp³-hybridized carbons (Fsp3) is 0.714. The first-order valence-corrected chi connectivity index (χ1v) is 7.38. The lowest BCUT2D eigenvalue weighted by Crippen LogP contribution is -2.43. The number of carbonyl (C=O) groups excluding carboxylic acids is 1. The molecule has 106 valence electrons. The van der Waals surface area contributed by atoms with E-state index >= 15 is 0 Å². The van der Waals surface area contributed by atoms with E-state index in [-0.39, 0.29) is 11.9 Å². The molecule has 1 aliphatic rings. The zero-order valence-corrected chi connectivity index (χ0v) is 12.6. The van der Waals surface area contributed by atoms with Crippen molar-refractivity contribution in [2.75, 3.05) is 0 Å². The van der Waals surface area contributed by atoms with Crippen LogP contribution in [-0.4, -0.2) is 21.7 Å². The summed E-state index contributed by atoms with van der Waals surface area (Å²) in [5.41, 5.74) is 0.757. The Kier molecular flexibility index (Phi) is 4.50. The molecule has 1 fully saturated rings. The molecule has 0 aromatic carbocycles. The third-order valence-corrected chi connectivity index (χ3v) is 4.44. The highest BCUT2D eigenvalue weighted by atomic mass is 35.5. The second-order valence-corrected chi connectivity index (χ2v) is 6.00. The van der Waals surface area contributed by atoms with Crippen molar-refractivity contribution in [2.45, 2.75) is 58.5 Å². The van der Waals surface area contributed by atoms with Crippen molar-refractivity contribution in [2.24, 2.45) is 5.92 Å². The van der Waals surface area contributed by atoms with Crippen LogP contribution in [0.2, 0.25) is 5.02 Å². The minimum atomic E-state index is -0.319. The molecular formula is C14H22ClN3O. The highest BCUT2D eigenvalue weighted by molar-refractivity contribution is 6.31. The maximum atomic E-state index is 12.3. The van der Waals surface area contributed by atoms with Gasteiger partial charge in [-0.15, -0.1) is 0 Å². The van der Waals surface area contributed by atoms with Gasteiger partial charge in [0.05, 0.1) is 10.7 Å². The summed E-state index contributed by atoms with van der Waals surface area (Å²) >= 11 is 5.98. The van der Waals surface area contributed by atoms with Gasteiger partial charge < -0.3 is 5.32 Å². The molecule has 1 aromatic heterocycles. The SMILES string of the molecule is Cc1nn([C@H](C)C(=O)N[C@@H]2CCCC[C@@H]2C)cc1Cl. The topological polar surface area (TPSA) is 46.9 Å². The molecule has 1 heterocycles. The van der Waals surface area contributed by atoms with E-state index in [9.17, 15) is 4.79 Å². The molecule has 0 unspecified atom stereocenters. The Morgan fingerprint density at radius 3 is 2.79 bits per heavy atom. The van der Waals surface area contributed by atoms with Crippen molar-refractivity contribution in [3.63, 3.8) is 0 Å². The zero-order chi connectivity index (χ0) is 14.0. The maximum absolute atomic E-state index is 12.3. The van der Waals surface area contributed by atoms with Crippen LogP contribution in [0.3, 0.4) is 0 Å². The first-order chi connectivity index (χ1) is 8.99. The molecule has 1 saturated carbocycles. The van der Waals surface area contributed by atoms with E-state index in [0.29, 0.717) is 17.0 Å². The van der Waals surface area contributed by atoms with Crippen LogP contribution in [0.25, 0.3) is 0 Å². The summed E-state index contributed by atoms with van der Waals surface area (Å²) in [5.74, 6) is 0.589. The zero-order valence-electron chi connectivity index (χ0n) is 11.8. The van der Waals surface area contributed by atoms with Crippen molar-refractivity contribution in [1.82, 2.24) is 15.1 Å². The molecule has 1 N–H and O–H groups in total. The number of aryl methyl sites for hydroxylation is 1. The van der Waals surface area contributed by atoms with Crippen LogP contribution in [0, 0.1) is 12.8 Å². The molecule has 19 heavy (non-hydrogen) atoms. The summed E-state index contributed by atoms with van der Waals surface area (Å²) in [6, 6.07) is -0.0174. The summed E-state index contributed by atoms with van der Waals surface area (Å²) in [5, 5.41) is 8.02. The average molecular weight is 284 g/mol. The average Bonchev–Trinajstić information content (AvgIpc) is 2.71. The van der Waals surface area contributed by atoms with Crippen molar-refractivity contribution >= 4 is 17.5 Å². The van der Waals surface area contributed by atoms with Gasteiger partial charge in [0.25, 0.3) is 0 Å². The number of hydrogen-bond acceptors (Lipinski definition) is 2. The number of hydrogen-bond donors (Lipinski definition) is 1. The van der Waals surface area contributed by atoms with E-state index in [4.69, 9.17) is 11.6 Å². The first kappa shape index (κ1) is 14.4. The summed E-state index contributed by atoms with van der Waals surface area (Å²) in [6.45, 7) is 5.90. The fourth-order valence-corrected chi connectivity index (χ4v) is 2.75. The quantitative estimate of drug-likeness (QED) is 0.926. The van der Waals surface area contributed by atoms with Gasteiger partial charge in [-0.25, -0.2) is 0 Å². The Balaban J connectivity index is 1.99. The monoisotopic (exact) mass is 283 g/mol. The van der Waals surface area contributed by atoms with Crippen molar-refractivity contribution < 1.29 is 4.79 Å². The second-order valence-electron chi connectivity index (χ2n) is 5.60. The van der Waals surface area contributed by atoms with Crippen LogP contribution < -0.4 is 5.32 Å². The summed E-state index contributed by atoms with van der Waals surface area (Å²) in [7, 11) is 0. The van der Waals surface area contributed by atoms with Crippen LogP contribution in [0.15, 0.2) is 6.20 Å². The van der Waals surface area contributed by atoms with E-state index < -0.39 is 0 Å². The lowest BCUT2D eigenvalue weighted by Gasteiger charge is -2.30. The molecule has 4 nitrogen and oxygen atoms in total. The third kappa shape index (κ3) is 3.30. The van der Waals surface area contributed by atoms with Gasteiger partial charge >= 0.3 is 0 Å². The first-order valence-electron chi connectivity index (χ1n) is 7.00. The van der Waals surface area contributed by atoms with E-state index in [1.165, 1.54) is 19.3 Å². The fourth-order valence-electron chi connectivity index (χ4n) is 2.61. The number of amides is 1. The predicted octanol–water partition coefficient (Wildman–Crippen LogP) is 3.10. The van der Waals surface area contributed by atoms with Crippen LogP contribution in [0.5, 0.6) is 0 Å². The van der Waals surface area contributed by atoms with Crippen molar-refractivity contribution in [1.29, 1.82) is 0 Å². The molecule has 5 heteroatoms. The smallest absolute Gasteiger partial charge is 0.244 e. The van der Waals surface area contributed by atoms with Gasteiger partial charge in [-0.2, -0.15) is 5.10 Å². The van der Waals surface area contributed by atoms with Crippen LogP contribution in [0.4, 0.5) is 0 Å². The highest BCUT2D eigenvalue weighted by Crippen LogP contribution is 2.24. The van der Waals surface area contributed by atoms with Crippen LogP contribution in [-0.2, 0) is 4.79 Å². The molecule has 2 rings (SSSR count). The minimum absolute atomic E-state index is 0.0258. The van der Waals surface area contributed by atoms with Gasteiger partial charge in [-0.3, -0.25) is 9.48 Å². The molecule has 1 aliphatic carbocycles. The third-order valence-electron chi connectivity index (χ3n) is 4.07. The Labute approximate surface area is 119 Å². The summed E-state index contributed by atoms with van der Waals surface area (Å²) in [4.78, 5) is 12.3. The van der Waals surface area contributed by atoms with Gasteiger partial charge in [0.1, 0.15) is 6.04 Å². The molecule has 0 radical (unpaired) electrons. The molecule has 3 atom stereocenters. The second kappa shape index (κ2) is 5.95. The molecule has 0 spiro atoms. The standard InChI is InChI=1S/C14H22ClN3O/c1-9-6-4-5-7-13(9)16-14(19)11(3)18-8-12(15)10(2)17-18/h8-9,11,13H,4-7H2,1-3H3,(H,16,19)/t9-,11+,13+/m0/s1.